The van der Waals surface area contributed by atoms with E-state index in [9.17, 15) is 28.8 Å². The lowest BCUT2D eigenvalue weighted by atomic mass is 9.91. The van der Waals surface area contributed by atoms with Crippen molar-refractivity contribution in [2.75, 3.05) is 48.3 Å². The van der Waals surface area contributed by atoms with Crippen molar-refractivity contribution in [1.29, 1.82) is 0 Å². The summed E-state index contributed by atoms with van der Waals surface area (Å²) in [5, 5.41) is 8.58. The fourth-order valence-corrected chi connectivity index (χ4v) is 9.56. The molecule has 0 radical (unpaired) electrons. The average Bonchev–Trinajstić information content (AvgIpc) is 4.11. The predicted octanol–water partition coefficient (Wildman–Crippen LogP) is 5.17. The van der Waals surface area contributed by atoms with Crippen LogP contribution in [0.1, 0.15) is 80.0 Å². The third-order valence-electron chi connectivity index (χ3n) is 13.3. The first kappa shape index (κ1) is 41.9. The zero-order valence-corrected chi connectivity index (χ0v) is 35.8. The molecular formula is C47H52FN9O6. The van der Waals surface area contributed by atoms with Gasteiger partial charge < -0.3 is 20.4 Å². The number of imide groups is 1. The van der Waals surface area contributed by atoms with Gasteiger partial charge >= 0.3 is 5.69 Å². The van der Waals surface area contributed by atoms with Crippen LogP contribution in [0, 0.1) is 31.5 Å². The van der Waals surface area contributed by atoms with Gasteiger partial charge in [-0.1, -0.05) is 18.2 Å². The topological polar surface area (TPSA) is 173 Å². The van der Waals surface area contributed by atoms with Crippen molar-refractivity contribution < 1.29 is 18.8 Å². The number of halogens is 1. The molecule has 15 nitrogen and oxygen atoms in total. The number of amides is 3. The molecule has 3 aromatic heterocycles. The molecule has 3 saturated heterocycles. The molecule has 6 heterocycles. The fourth-order valence-electron chi connectivity index (χ4n) is 9.56. The highest BCUT2D eigenvalue weighted by molar-refractivity contribution is 6.01. The summed E-state index contributed by atoms with van der Waals surface area (Å²) >= 11 is 0. The molecule has 0 spiro atoms. The Labute approximate surface area is 362 Å². The van der Waals surface area contributed by atoms with Crippen LogP contribution < -0.4 is 37.7 Å². The maximum atomic E-state index is 15.2. The Hall–Kier alpha value is -6.42. The van der Waals surface area contributed by atoms with Crippen molar-refractivity contribution in [2.24, 2.45) is 18.9 Å². The molecule has 328 valence electrons. The number of likely N-dealkylation sites (tertiary alicyclic amines) is 1. The predicted molar refractivity (Wildman–Crippen MR) is 239 cm³/mol. The van der Waals surface area contributed by atoms with Crippen LogP contribution in [-0.4, -0.2) is 74.0 Å². The number of nitrogens with zero attached hydrogens (tertiary/aromatic N) is 6. The van der Waals surface area contributed by atoms with Gasteiger partial charge in [-0.3, -0.25) is 43.0 Å². The maximum Gasteiger partial charge on any atom is 0.336 e. The van der Waals surface area contributed by atoms with E-state index in [1.54, 1.807) is 56.4 Å². The van der Waals surface area contributed by atoms with Gasteiger partial charge in [0.1, 0.15) is 22.8 Å². The minimum atomic E-state index is -0.585. The van der Waals surface area contributed by atoms with Crippen molar-refractivity contribution >= 4 is 51.6 Å². The van der Waals surface area contributed by atoms with E-state index in [4.69, 9.17) is 0 Å². The number of benzene rings is 2. The third kappa shape index (κ3) is 8.31. The van der Waals surface area contributed by atoms with Gasteiger partial charge in [0, 0.05) is 62.5 Å². The number of aromatic nitrogens is 4. The SMILES string of the molecule is Cc1ccc(Nc2c3c(=O)n(C4CC4)c(=O)n(-c4cccc(NC(=O)C5CCN(CC6CCN(c7ccc(C8CCC(=O)NC8=O)cn7)CC6)CC5)c4)c3c(C)c(=O)n2C)c(F)c1. The summed E-state index contributed by atoms with van der Waals surface area (Å²) in [6.45, 7) is 7.70. The minimum Gasteiger partial charge on any atom is -0.357 e. The lowest BCUT2D eigenvalue weighted by Gasteiger charge is -2.37. The van der Waals surface area contributed by atoms with Crippen LogP contribution in [0.25, 0.3) is 16.6 Å². The molecule has 9 rings (SSSR count). The Morgan fingerprint density at radius 3 is 2.32 bits per heavy atom. The number of carbonyl (C=O) groups excluding carboxylic acids is 3. The molecule has 1 unspecified atom stereocenters. The fraction of sp³-hybridized carbons (Fsp3) is 0.426. The molecule has 1 aliphatic carbocycles. The summed E-state index contributed by atoms with van der Waals surface area (Å²) in [6, 6.07) is 15.1. The van der Waals surface area contributed by atoms with E-state index in [0.29, 0.717) is 61.4 Å². The molecule has 4 fully saturated rings. The monoisotopic (exact) mass is 857 g/mol. The first-order valence-electron chi connectivity index (χ1n) is 22.0. The number of aryl methyl sites for hydroxylation is 2. The van der Waals surface area contributed by atoms with Gasteiger partial charge in [0.05, 0.1) is 22.8 Å². The largest absolute Gasteiger partial charge is 0.357 e. The van der Waals surface area contributed by atoms with Crippen LogP contribution in [0.4, 0.5) is 27.4 Å². The first-order chi connectivity index (χ1) is 30.3. The molecule has 1 atom stereocenters. The molecule has 4 aliphatic rings. The molecule has 3 aliphatic heterocycles. The summed E-state index contributed by atoms with van der Waals surface area (Å²) in [4.78, 5) is 89.3. The van der Waals surface area contributed by atoms with Gasteiger partial charge in [0.15, 0.2) is 0 Å². The van der Waals surface area contributed by atoms with Crippen LogP contribution in [0.15, 0.2) is 75.2 Å². The van der Waals surface area contributed by atoms with Crippen molar-refractivity contribution in [3.05, 3.63) is 114 Å². The second-order valence-electron chi connectivity index (χ2n) is 17.7. The van der Waals surface area contributed by atoms with Gasteiger partial charge in [-0.2, -0.15) is 0 Å². The van der Waals surface area contributed by atoms with Crippen LogP contribution in [0.2, 0.25) is 0 Å². The number of fused-ring (bicyclic) bond motifs is 1. The van der Waals surface area contributed by atoms with Crippen molar-refractivity contribution in [1.82, 2.24) is 28.9 Å². The van der Waals surface area contributed by atoms with Crippen molar-refractivity contribution in [3.63, 3.8) is 0 Å². The summed E-state index contributed by atoms with van der Waals surface area (Å²) in [5.74, 6) is -0.179. The van der Waals surface area contributed by atoms with Gasteiger partial charge in [-0.05, 0) is 125 Å². The van der Waals surface area contributed by atoms with E-state index in [0.717, 1.165) is 56.9 Å². The number of anilines is 4. The molecule has 3 amide bonds. The molecule has 63 heavy (non-hydrogen) atoms. The van der Waals surface area contributed by atoms with E-state index >= 15 is 4.39 Å². The molecular weight excluding hydrogens is 806 g/mol. The van der Waals surface area contributed by atoms with Gasteiger partial charge in [0.2, 0.25) is 17.7 Å². The van der Waals surface area contributed by atoms with Crippen LogP contribution in [0.3, 0.4) is 0 Å². The summed E-state index contributed by atoms with van der Waals surface area (Å²) in [5.41, 5.74) is 1.19. The van der Waals surface area contributed by atoms with Gasteiger partial charge in [0.25, 0.3) is 11.1 Å². The van der Waals surface area contributed by atoms with E-state index in [2.05, 4.69) is 30.7 Å². The number of carbonyl (C=O) groups is 3. The standard InChI is InChI=1S/C47H52FN9O6/c1-27-7-12-37(36(48)23-27)51-42-40-41(28(2)45(61)53(42)3)56(47(63)57(46(40)62)33-9-10-33)34-6-4-5-32(24-34)50-43(59)30-17-19-54(20-18-30)26-29-15-21-55(22-16-29)38-13-8-31(25-49-38)35-11-14-39(58)52-44(35)60/h4-8,12-13,23-25,29-30,33,35,51H,9-11,14-22,26H2,1-3H3,(H,50,59)(H,52,58,60). The van der Waals surface area contributed by atoms with Crippen molar-refractivity contribution in [3.8, 4) is 5.69 Å². The molecule has 5 aromatic rings. The highest BCUT2D eigenvalue weighted by atomic mass is 19.1. The molecule has 0 bridgehead atoms. The Balaban J connectivity index is 0.860. The second kappa shape index (κ2) is 17.0. The average molecular weight is 858 g/mol. The van der Waals surface area contributed by atoms with Gasteiger partial charge in [-0.15, -0.1) is 0 Å². The maximum absolute atomic E-state index is 15.2. The quantitative estimate of drug-likeness (QED) is 0.159. The first-order valence-corrected chi connectivity index (χ1v) is 22.0. The normalized spacial score (nSPS) is 19.0. The number of hydrogen-bond donors (Lipinski definition) is 3. The number of nitrogens with one attached hydrogen (secondary N) is 3. The lowest BCUT2D eigenvalue weighted by molar-refractivity contribution is -0.134. The molecule has 16 heteroatoms. The minimum absolute atomic E-state index is 0.0747. The summed E-state index contributed by atoms with van der Waals surface area (Å²) in [6.07, 6.45) is 7.38. The highest BCUT2D eigenvalue weighted by Gasteiger charge is 2.33. The van der Waals surface area contributed by atoms with E-state index in [1.807, 2.05) is 12.1 Å². The zero-order valence-electron chi connectivity index (χ0n) is 35.8. The van der Waals surface area contributed by atoms with E-state index < -0.39 is 22.6 Å². The smallest absolute Gasteiger partial charge is 0.336 e. The number of hydrogen-bond acceptors (Lipinski definition) is 10. The molecule has 3 N–H and O–H groups in total. The van der Waals surface area contributed by atoms with Crippen LogP contribution in [0.5, 0.6) is 0 Å². The Kier molecular flexibility index (Phi) is 11.3. The number of pyridine rings is 2. The highest BCUT2D eigenvalue weighted by Crippen LogP contribution is 2.35. The van der Waals surface area contributed by atoms with E-state index in [-0.39, 0.29) is 63.6 Å². The lowest BCUT2D eigenvalue weighted by Crippen LogP contribution is -2.43. The molecule has 2 aromatic carbocycles. The Bertz CT molecular complexity index is 2810. The zero-order chi connectivity index (χ0) is 44.1. The summed E-state index contributed by atoms with van der Waals surface area (Å²) in [7, 11) is 1.51. The van der Waals surface area contributed by atoms with E-state index in [1.165, 1.54) is 26.8 Å². The Morgan fingerprint density at radius 2 is 1.63 bits per heavy atom. The Morgan fingerprint density at radius 1 is 0.873 bits per heavy atom. The number of piperidine rings is 3. The second-order valence-corrected chi connectivity index (χ2v) is 17.7. The van der Waals surface area contributed by atoms with Crippen molar-refractivity contribution in [2.45, 2.75) is 77.2 Å². The van der Waals surface area contributed by atoms with Gasteiger partial charge in [-0.25, -0.2) is 14.2 Å². The molecule has 1 saturated carbocycles. The number of rotatable bonds is 10. The summed E-state index contributed by atoms with van der Waals surface area (Å²) < 4.78 is 19.0. The third-order valence-corrected chi connectivity index (χ3v) is 13.3. The van der Waals surface area contributed by atoms with Crippen LogP contribution >= 0.6 is 0 Å². The van der Waals surface area contributed by atoms with Crippen LogP contribution in [-0.2, 0) is 21.4 Å².